The minimum Gasteiger partial charge on any atom is -0.507 e. The van der Waals surface area contributed by atoms with Crippen LogP contribution in [0.1, 0.15) is 160 Å². The lowest BCUT2D eigenvalue weighted by atomic mass is 9.78. The van der Waals surface area contributed by atoms with Gasteiger partial charge >= 0.3 is 19.5 Å². The third kappa shape index (κ3) is 24.0. The number of ether oxygens (including phenoxy) is 2. The van der Waals surface area contributed by atoms with Crippen LogP contribution in [-0.2, 0) is 73.3 Å². The highest BCUT2D eigenvalue weighted by molar-refractivity contribution is 7.53. The van der Waals surface area contributed by atoms with E-state index in [1.165, 1.54) is 0 Å². The fourth-order valence-corrected chi connectivity index (χ4v) is 8.44. The number of aliphatic carboxylic acids is 2. The van der Waals surface area contributed by atoms with Crippen LogP contribution < -0.4 is 0 Å². The third-order valence-corrected chi connectivity index (χ3v) is 12.3. The zero-order valence-electron chi connectivity index (χ0n) is 44.1. The standard InChI is InChI=1S/C19H33O4P.2C14H20O3.C6H14O4/c1-9-22-24(21,23-10-2)13-14-11-15(18(3,4)5)17(20)16(12-14)19(6,7)8;2*1-9-7-10(5-6-12(15)16)8-11(13(9)17)14(2,3)4;7-1-3-9-5-6-10-4-2-8/h11-12,20H,9-10,13H2,1-8H3;2*7-8,17H,5-6H2,1-4H3,(H,15,16);7-8H,1-6H2. The van der Waals surface area contributed by atoms with Crippen molar-refractivity contribution in [3.63, 3.8) is 0 Å². The number of rotatable bonds is 19. The molecule has 3 aromatic carbocycles. The molecule has 0 aliphatic heterocycles. The van der Waals surface area contributed by atoms with Gasteiger partial charge in [-0.2, -0.15) is 0 Å². The van der Waals surface area contributed by atoms with E-state index in [1.807, 2.05) is 106 Å². The number of aliphatic hydroxyl groups excluding tert-OH is 2. The Morgan fingerprint density at radius 1 is 0.500 bits per heavy atom. The summed E-state index contributed by atoms with van der Waals surface area (Å²) in [6.45, 7) is 34.2. The third-order valence-electron chi connectivity index (χ3n) is 10.2. The highest BCUT2D eigenvalue weighted by Crippen LogP contribution is 2.52. The topological polar surface area (TPSA) is 230 Å². The predicted octanol–water partition coefficient (Wildman–Crippen LogP) is 10.8. The largest absolute Gasteiger partial charge is 0.507 e. The smallest absolute Gasteiger partial charge is 0.335 e. The Kier molecular flexibility index (Phi) is 27.5. The van der Waals surface area contributed by atoms with E-state index in [1.54, 1.807) is 0 Å². The quantitative estimate of drug-likeness (QED) is 0.0438. The van der Waals surface area contributed by atoms with Gasteiger partial charge in [-0.15, -0.1) is 0 Å². The number of phenolic OH excluding ortho intramolecular Hbond substituents is 3. The predicted molar refractivity (Wildman–Crippen MR) is 271 cm³/mol. The van der Waals surface area contributed by atoms with Crippen molar-refractivity contribution in [1.29, 1.82) is 0 Å². The Morgan fingerprint density at radius 2 is 0.794 bits per heavy atom. The summed E-state index contributed by atoms with van der Waals surface area (Å²) >= 11 is 0. The van der Waals surface area contributed by atoms with Crippen LogP contribution in [0.3, 0.4) is 0 Å². The van der Waals surface area contributed by atoms with Crippen LogP contribution in [0.5, 0.6) is 17.2 Å². The molecular formula is C53H87O14P. The highest BCUT2D eigenvalue weighted by Gasteiger charge is 2.30. The van der Waals surface area contributed by atoms with E-state index in [0.29, 0.717) is 69.7 Å². The molecule has 0 heterocycles. The summed E-state index contributed by atoms with van der Waals surface area (Å²) < 4.78 is 33.5. The molecule has 15 heteroatoms. The molecule has 7 N–H and O–H groups in total. The Morgan fingerprint density at radius 3 is 1.06 bits per heavy atom. The van der Waals surface area contributed by atoms with Crippen molar-refractivity contribution in [2.24, 2.45) is 0 Å². The first-order chi connectivity index (χ1) is 31.2. The lowest BCUT2D eigenvalue weighted by Gasteiger charge is -2.29. The average molecular weight is 979 g/mol. The molecule has 0 saturated heterocycles. The number of aliphatic hydroxyl groups is 2. The molecule has 14 nitrogen and oxygen atoms in total. The van der Waals surface area contributed by atoms with E-state index in [4.69, 9.17) is 38.9 Å². The van der Waals surface area contributed by atoms with Crippen LogP contribution in [0, 0.1) is 13.8 Å². The summed E-state index contributed by atoms with van der Waals surface area (Å²) in [6, 6.07) is 11.4. The minimum absolute atomic E-state index is 0.0417. The van der Waals surface area contributed by atoms with E-state index in [9.17, 15) is 29.5 Å². The number of hydrogen-bond donors (Lipinski definition) is 7. The van der Waals surface area contributed by atoms with Crippen LogP contribution in [0.15, 0.2) is 36.4 Å². The summed E-state index contributed by atoms with van der Waals surface area (Å²) in [5.74, 6) is -0.643. The van der Waals surface area contributed by atoms with Gasteiger partial charge in [0.05, 0.1) is 59.0 Å². The number of carbonyl (C=O) groups is 2. The second-order valence-electron chi connectivity index (χ2n) is 20.7. The number of carboxylic acids is 2. The Labute approximate surface area is 407 Å². The van der Waals surface area contributed by atoms with Crippen molar-refractivity contribution in [3.8, 4) is 17.2 Å². The van der Waals surface area contributed by atoms with E-state index in [-0.39, 0.29) is 53.9 Å². The van der Waals surface area contributed by atoms with Gasteiger partial charge in [0, 0.05) is 12.8 Å². The van der Waals surface area contributed by atoms with Gasteiger partial charge in [0.2, 0.25) is 0 Å². The molecule has 0 aliphatic rings. The van der Waals surface area contributed by atoms with Crippen LogP contribution >= 0.6 is 7.60 Å². The van der Waals surface area contributed by atoms with Crippen LogP contribution in [0.4, 0.5) is 0 Å². The highest BCUT2D eigenvalue weighted by atomic mass is 31.2. The van der Waals surface area contributed by atoms with Gasteiger partial charge in [-0.1, -0.05) is 119 Å². The fraction of sp³-hybridized carbons (Fsp3) is 0.623. The molecule has 3 rings (SSSR count). The van der Waals surface area contributed by atoms with E-state index in [2.05, 4.69) is 41.5 Å². The maximum absolute atomic E-state index is 12.9. The average Bonchev–Trinajstić information content (AvgIpc) is 3.19. The molecule has 0 unspecified atom stereocenters. The van der Waals surface area contributed by atoms with Crippen molar-refractivity contribution in [2.75, 3.05) is 52.9 Å². The molecule has 0 saturated carbocycles. The van der Waals surface area contributed by atoms with Crippen molar-refractivity contribution < 1.29 is 68.4 Å². The molecule has 0 amide bonds. The fourth-order valence-electron chi connectivity index (χ4n) is 6.77. The number of phenols is 3. The van der Waals surface area contributed by atoms with E-state index in [0.717, 1.165) is 50.1 Å². The summed E-state index contributed by atoms with van der Waals surface area (Å²) in [5.41, 5.74) is 7.12. The van der Waals surface area contributed by atoms with E-state index >= 15 is 0 Å². The Hall–Kier alpha value is -4.01. The minimum atomic E-state index is -3.18. The lowest BCUT2D eigenvalue weighted by Crippen LogP contribution is -2.18. The van der Waals surface area contributed by atoms with Gasteiger partial charge in [-0.3, -0.25) is 14.2 Å². The van der Waals surface area contributed by atoms with Crippen LogP contribution in [0.2, 0.25) is 0 Å². The molecule has 3 aromatic rings. The lowest BCUT2D eigenvalue weighted by molar-refractivity contribution is -0.138. The Balaban J connectivity index is 0.000000916. The molecule has 68 heavy (non-hydrogen) atoms. The first kappa shape index (κ1) is 64.0. The monoisotopic (exact) mass is 979 g/mol. The second kappa shape index (κ2) is 29.2. The van der Waals surface area contributed by atoms with E-state index < -0.39 is 19.5 Å². The van der Waals surface area contributed by atoms with Gasteiger partial charge in [0.15, 0.2) is 0 Å². The molecule has 0 aromatic heterocycles. The number of aromatic hydroxyl groups is 3. The molecule has 0 aliphatic carbocycles. The first-order valence-electron chi connectivity index (χ1n) is 23.4. The molecule has 0 bridgehead atoms. The van der Waals surface area contributed by atoms with Crippen molar-refractivity contribution >= 4 is 19.5 Å². The van der Waals surface area contributed by atoms with Gasteiger partial charge in [0.1, 0.15) is 17.2 Å². The molecular weight excluding hydrogens is 892 g/mol. The van der Waals surface area contributed by atoms with Crippen molar-refractivity contribution in [1.82, 2.24) is 0 Å². The van der Waals surface area contributed by atoms with Crippen molar-refractivity contribution in [2.45, 2.75) is 164 Å². The molecule has 0 atom stereocenters. The summed E-state index contributed by atoms with van der Waals surface area (Å²) in [4.78, 5) is 21.1. The first-order valence-corrected chi connectivity index (χ1v) is 25.1. The molecule has 0 fully saturated rings. The van der Waals surface area contributed by atoms with Gasteiger partial charge in [0.25, 0.3) is 0 Å². The summed E-state index contributed by atoms with van der Waals surface area (Å²) in [7, 11) is -3.18. The number of benzene rings is 3. The molecule has 0 radical (unpaired) electrons. The number of hydrogen-bond acceptors (Lipinski definition) is 12. The molecule has 388 valence electrons. The van der Waals surface area contributed by atoms with Gasteiger partial charge in [-0.25, -0.2) is 0 Å². The van der Waals surface area contributed by atoms with Crippen LogP contribution in [0.25, 0.3) is 0 Å². The maximum Gasteiger partial charge on any atom is 0.335 e. The second-order valence-corrected chi connectivity index (χ2v) is 22.8. The maximum atomic E-state index is 12.9. The zero-order chi connectivity index (χ0) is 52.8. The van der Waals surface area contributed by atoms with Gasteiger partial charge < -0.3 is 54.3 Å². The SMILES string of the molecule is CCOP(=O)(Cc1cc(C(C)(C)C)c(O)c(C(C)(C)C)c1)OCC.Cc1cc(CCC(=O)O)cc(C(C)(C)C)c1O.Cc1cc(CCC(=O)O)cc(C(C)(C)C)c1O.OCCOCCOCCO. The molecule has 0 spiro atoms. The van der Waals surface area contributed by atoms with Gasteiger partial charge in [-0.05, 0) is 112 Å². The Bertz CT molecular complexity index is 1910. The van der Waals surface area contributed by atoms with Crippen molar-refractivity contribution in [3.05, 3.63) is 86.5 Å². The normalized spacial score (nSPS) is 12.0. The number of carboxylic acid groups (broad SMARTS) is 2. The van der Waals surface area contributed by atoms with Crippen LogP contribution in [-0.4, -0.2) is 101 Å². The number of aryl methyl sites for hydroxylation is 4. The summed E-state index contributed by atoms with van der Waals surface area (Å²) in [5, 5.41) is 64.7. The summed E-state index contributed by atoms with van der Waals surface area (Å²) in [6.07, 6.45) is 1.45. The zero-order valence-corrected chi connectivity index (χ0v) is 45.0.